The van der Waals surface area contributed by atoms with Crippen LogP contribution in [0, 0.1) is 5.82 Å². The first kappa shape index (κ1) is 22.0. The Morgan fingerprint density at radius 2 is 1.81 bits per heavy atom. The van der Waals surface area contributed by atoms with Crippen LogP contribution in [0.4, 0.5) is 15.8 Å². The molecule has 0 unspecified atom stereocenters. The average Bonchev–Trinajstić information content (AvgIpc) is 2.78. The van der Waals surface area contributed by atoms with Gasteiger partial charge in [0.05, 0.1) is 10.6 Å². The lowest BCUT2D eigenvalue weighted by atomic mass is 10.2. The van der Waals surface area contributed by atoms with Gasteiger partial charge >= 0.3 is 0 Å². The van der Waals surface area contributed by atoms with Crippen LogP contribution in [-0.2, 0) is 10.0 Å². The van der Waals surface area contributed by atoms with Crippen LogP contribution in [0.3, 0.4) is 0 Å². The Labute approximate surface area is 180 Å². The van der Waals surface area contributed by atoms with Crippen LogP contribution < -0.4 is 14.4 Å². The molecular weight excluding hydrogens is 419 g/mol. The van der Waals surface area contributed by atoms with Gasteiger partial charge in [-0.1, -0.05) is 30.9 Å². The molecule has 0 atom stereocenters. The lowest BCUT2D eigenvalue weighted by molar-refractivity contribution is 0.102. The first-order chi connectivity index (χ1) is 14.8. The van der Waals surface area contributed by atoms with Crippen molar-refractivity contribution in [3.63, 3.8) is 0 Å². The number of amides is 1. The van der Waals surface area contributed by atoms with Crippen molar-refractivity contribution >= 4 is 27.3 Å². The SMILES string of the molecule is C=CCOc1ccc(NC(=O)c2cccc(S(=O)(=O)N(C)c3ccccc3F)c2)cc1. The van der Waals surface area contributed by atoms with Crippen molar-refractivity contribution in [2.75, 3.05) is 23.3 Å². The second kappa shape index (κ2) is 9.44. The highest BCUT2D eigenvalue weighted by atomic mass is 32.2. The number of ether oxygens (including phenoxy) is 1. The van der Waals surface area contributed by atoms with Crippen LogP contribution in [0.5, 0.6) is 5.75 Å². The van der Waals surface area contributed by atoms with E-state index in [-0.39, 0.29) is 16.1 Å². The zero-order valence-corrected chi connectivity index (χ0v) is 17.6. The third-order valence-corrected chi connectivity index (χ3v) is 6.19. The molecule has 0 aliphatic carbocycles. The van der Waals surface area contributed by atoms with Crippen LogP contribution in [-0.4, -0.2) is 28.0 Å². The van der Waals surface area contributed by atoms with Crippen molar-refractivity contribution in [3.8, 4) is 5.75 Å². The molecule has 0 spiro atoms. The third-order valence-electron chi connectivity index (χ3n) is 4.43. The van der Waals surface area contributed by atoms with E-state index in [0.717, 1.165) is 4.31 Å². The molecule has 8 heteroatoms. The van der Waals surface area contributed by atoms with Crippen LogP contribution in [0.25, 0.3) is 0 Å². The van der Waals surface area contributed by atoms with E-state index in [4.69, 9.17) is 4.74 Å². The Morgan fingerprint density at radius 3 is 2.48 bits per heavy atom. The van der Waals surface area contributed by atoms with Gasteiger partial charge in [0.1, 0.15) is 18.2 Å². The van der Waals surface area contributed by atoms with Gasteiger partial charge in [-0.05, 0) is 54.6 Å². The summed E-state index contributed by atoms with van der Waals surface area (Å²) in [4.78, 5) is 12.5. The Hall–Kier alpha value is -3.65. The van der Waals surface area contributed by atoms with Crippen molar-refractivity contribution in [3.05, 3.63) is 96.8 Å². The van der Waals surface area contributed by atoms with Gasteiger partial charge < -0.3 is 10.1 Å². The molecule has 160 valence electrons. The van der Waals surface area contributed by atoms with Crippen molar-refractivity contribution in [1.82, 2.24) is 0 Å². The van der Waals surface area contributed by atoms with Gasteiger partial charge in [0, 0.05) is 18.3 Å². The summed E-state index contributed by atoms with van der Waals surface area (Å²) in [5, 5.41) is 2.71. The fourth-order valence-corrected chi connectivity index (χ4v) is 4.04. The van der Waals surface area contributed by atoms with Gasteiger partial charge in [0.15, 0.2) is 0 Å². The highest BCUT2D eigenvalue weighted by molar-refractivity contribution is 7.92. The molecule has 0 saturated heterocycles. The summed E-state index contributed by atoms with van der Waals surface area (Å²) >= 11 is 0. The van der Waals surface area contributed by atoms with Crippen molar-refractivity contribution in [2.24, 2.45) is 0 Å². The normalized spacial score (nSPS) is 10.9. The number of nitrogens with zero attached hydrogens (tertiary/aromatic N) is 1. The third kappa shape index (κ3) is 5.10. The molecule has 0 radical (unpaired) electrons. The maximum atomic E-state index is 14.0. The van der Waals surface area contributed by atoms with Gasteiger partial charge in [-0.15, -0.1) is 0 Å². The van der Waals surface area contributed by atoms with Crippen LogP contribution in [0.15, 0.2) is 90.3 Å². The van der Waals surface area contributed by atoms with E-state index in [2.05, 4.69) is 11.9 Å². The van der Waals surface area contributed by atoms with Gasteiger partial charge in [0.25, 0.3) is 15.9 Å². The van der Waals surface area contributed by atoms with Crippen LogP contribution >= 0.6 is 0 Å². The van der Waals surface area contributed by atoms with Crippen molar-refractivity contribution < 1.29 is 22.3 Å². The zero-order valence-electron chi connectivity index (χ0n) is 16.8. The smallest absolute Gasteiger partial charge is 0.264 e. The maximum absolute atomic E-state index is 14.0. The lowest BCUT2D eigenvalue weighted by Crippen LogP contribution is -2.27. The number of anilines is 2. The number of halogens is 1. The predicted molar refractivity (Wildman–Crippen MR) is 119 cm³/mol. The second-order valence-electron chi connectivity index (χ2n) is 6.53. The number of nitrogens with one attached hydrogen (secondary N) is 1. The Balaban J connectivity index is 1.79. The van der Waals surface area contributed by atoms with Gasteiger partial charge in [0.2, 0.25) is 0 Å². The summed E-state index contributed by atoms with van der Waals surface area (Å²) < 4.78 is 46.2. The van der Waals surface area contributed by atoms with Crippen molar-refractivity contribution in [2.45, 2.75) is 4.90 Å². The molecule has 0 aliphatic rings. The van der Waals surface area contributed by atoms with Gasteiger partial charge in [-0.3, -0.25) is 9.10 Å². The molecule has 1 N–H and O–H groups in total. The summed E-state index contributed by atoms with van der Waals surface area (Å²) in [6, 6.07) is 17.9. The van der Waals surface area contributed by atoms with E-state index in [9.17, 15) is 17.6 Å². The van der Waals surface area contributed by atoms with E-state index < -0.39 is 21.7 Å². The number of rotatable bonds is 8. The molecule has 3 aromatic carbocycles. The first-order valence-electron chi connectivity index (χ1n) is 9.31. The minimum absolute atomic E-state index is 0.0869. The minimum Gasteiger partial charge on any atom is -0.490 e. The van der Waals surface area contributed by atoms with E-state index in [0.29, 0.717) is 18.0 Å². The summed E-state index contributed by atoms with van der Waals surface area (Å²) in [5.74, 6) is -0.518. The average molecular weight is 440 g/mol. The number of benzene rings is 3. The van der Waals surface area contributed by atoms with Gasteiger partial charge in [-0.2, -0.15) is 0 Å². The molecule has 3 aromatic rings. The van der Waals surface area contributed by atoms with Gasteiger partial charge in [-0.25, -0.2) is 12.8 Å². The van der Waals surface area contributed by atoms with Crippen LogP contribution in [0.1, 0.15) is 10.4 Å². The highest BCUT2D eigenvalue weighted by Gasteiger charge is 2.24. The zero-order chi connectivity index (χ0) is 22.4. The number of para-hydroxylation sites is 1. The summed E-state index contributed by atoms with van der Waals surface area (Å²) in [5.41, 5.74) is 0.582. The van der Waals surface area contributed by atoms with Crippen molar-refractivity contribution in [1.29, 1.82) is 0 Å². The fourth-order valence-electron chi connectivity index (χ4n) is 2.79. The minimum atomic E-state index is -4.07. The molecule has 0 fully saturated rings. The quantitative estimate of drug-likeness (QED) is 0.525. The molecular formula is C23H21FN2O4S. The Bertz CT molecular complexity index is 1190. The molecule has 3 rings (SSSR count). The van der Waals surface area contributed by atoms with E-state index >= 15 is 0 Å². The summed E-state index contributed by atoms with van der Waals surface area (Å²) in [7, 11) is -2.81. The van der Waals surface area contributed by atoms with E-state index in [1.54, 1.807) is 36.4 Å². The number of carbonyl (C=O) groups is 1. The number of hydrogen-bond acceptors (Lipinski definition) is 4. The summed E-state index contributed by atoms with van der Waals surface area (Å²) in [6.07, 6.45) is 1.63. The summed E-state index contributed by atoms with van der Waals surface area (Å²) in [6.45, 7) is 3.95. The fraction of sp³-hybridized carbons (Fsp3) is 0.0870. The molecule has 1 amide bonds. The molecule has 0 saturated carbocycles. The Morgan fingerprint density at radius 1 is 1.10 bits per heavy atom. The highest BCUT2D eigenvalue weighted by Crippen LogP contribution is 2.25. The first-order valence-corrected chi connectivity index (χ1v) is 10.8. The number of sulfonamides is 1. The Kier molecular flexibility index (Phi) is 6.71. The topological polar surface area (TPSA) is 75.7 Å². The number of hydrogen-bond donors (Lipinski definition) is 1. The molecule has 6 nitrogen and oxygen atoms in total. The lowest BCUT2D eigenvalue weighted by Gasteiger charge is -2.20. The molecule has 0 bridgehead atoms. The van der Waals surface area contributed by atoms with E-state index in [1.807, 2.05) is 0 Å². The van der Waals surface area contributed by atoms with E-state index in [1.165, 1.54) is 49.5 Å². The standard InChI is InChI=1S/C23H21FN2O4S/c1-3-15-30-19-13-11-18(12-14-19)25-23(27)17-7-6-8-20(16-17)31(28,29)26(2)22-10-5-4-9-21(22)24/h3-14,16H,1,15H2,2H3,(H,25,27). The molecule has 0 heterocycles. The van der Waals surface area contributed by atoms with Crippen LogP contribution in [0.2, 0.25) is 0 Å². The molecule has 0 aromatic heterocycles. The molecule has 0 aliphatic heterocycles. The molecule has 31 heavy (non-hydrogen) atoms. The number of carbonyl (C=O) groups excluding carboxylic acids is 1. The maximum Gasteiger partial charge on any atom is 0.264 e. The second-order valence-corrected chi connectivity index (χ2v) is 8.50. The monoisotopic (exact) mass is 440 g/mol. The largest absolute Gasteiger partial charge is 0.490 e. The predicted octanol–water partition coefficient (Wildman–Crippen LogP) is 4.47.